The van der Waals surface area contributed by atoms with Gasteiger partial charge >= 0.3 is 12.0 Å². The zero-order chi connectivity index (χ0) is 15.2. The number of nitrogens with one attached hydrogen (secondary N) is 1. The van der Waals surface area contributed by atoms with E-state index in [1.807, 2.05) is 0 Å². The zero-order valence-electron chi connectivity index (χ0n) is 12.9. The highest BCUT2D eigenvalue weighted by Crippen LogP contribution is 2.19. The standard InChI is InChI=1S/C14H28N2O3/c1-9(2)12(10(3)4)7-15-14(19)16(6)8-11(5)13(17)18/h9-12H,7-8H2,1-6H3,(H,15,19)(H,17,18). The predicted octanol–water partition coefficient (Wildman–Crippen LogP) is 2.28. The summed E-state index contributed by atoms with van der Waals surface area (Å²) in [5.41, 5.74) is 0. The quantitative estimate of drug-likeness (QED) is 0.747. The number of urea groups is 1. The van der Waals surface area contributed by atoms with Gasteiger partial charge in [0, 0.05) is 20.1 Å². The number of carbonyl (C=O) groups excluding carboxylic acids is 1. The van der Waals surface area contributed by atoms with Gasteiger partial charge < -0.3 is 15.3 Å². The van der Waals surface area contributed by atoms with Gasteiger partial charge in [-0.15, -0.1) is 0 Å². The van der Waals surface area contributed by atoms with Gasteiger partial charge in [0.15, 0.2) is 0 Å². The van der Waals surface area contributed by atoms with Gasteiger partial charge in [-0.2, -0.15) is 0 Å². The predicted molar refractivity (Wildman–Crippen MR) is 76.0 cm³/mol. The van der Waals surface area contributed by atoms with Crippen LogP contribution in [-0.4, -0.2) is 42.1 Å². The van der Waals surface area contributed by atoms with Crippen molar-refractivity contribution in [3.63, 3.8) is 0 Å². The summed E-state index contributed by atoms with van der Waals surface area (Å²) in [6.07, 6.45) is 0. The Bertz CT molecular complexity index is 295. The average molecular weight is 272 g/mol. The van der Waals surface area contributed by atoms with Crippen LogP contribution in [0.25, 0.3) is 0 Å². The van der Waals surface area contributed by atoms with Crippen molar-refractivity contribution in [3.05, 3.63) is 0 Å². The van der Waals surface area contributed by atoms with Gasteiger partial charge in [0.05, 0.1) is 5.92 Å². The SMILES string of the molecule is CC(CN(C)C(=O)NCC(C(C)C)C(C)C)C(=O)O. The third-order valence-electron chi connectivity index (χ3n) is 3.52. The van der Waals surface area contributed by atoms with Gasteiger partial charge in [-0.1, -0.05) is 34.6 Å². The topological polar surface area (TPSA) is 69.6 Å². The maximum absolute atomic E-state index is 11.9. The molecule has 0 fully saturated rings. The second-order valence-corrected chi connectivity index (χ2v) is 5.96. The van der Waals surface area contributed by atoms with Gasteiger partial charge in [-0.3, -0.25) is 4.79 Å². The number of aliphatic carboxylic acids is 1. The molecule has 0 saturated heterocycles. The Labute approximate surface area is 116 Å². The van der Waals surface area contributed by atoms with Crippen LogP contribution in [0, 0.1) is 23.7 Å². The molecule has 0 aliphatic rings. The Kier molecular flexibility index (Phi) is 7.49. The summed E-state index contributed by atoms with van der Waals surface area (Å²) in [4.78, 5) is 24.0. The van der Waals surface area contributed by atoms with Crippen molar-refractivity contribution in [1.82, 2.24) is 10.2 Å². The van der Waals surface area contributed by atoms with Crippen LogP contribution >= 0.6 is 0 Å². The molecule has 0 aliphatic heterocycles. The van der Waals surface area contributed by atoms with E-state index in [0.29, 0.717) is 24.3 Å². The number of hydrogen-bond acceptors (Lipinski definition) is 2. The number of carboxylic acid groups (broad SMARTS) is 1. The van der Waals surface area contributed by atoms with E-state index in [1.165, 1.54) is 4.90 Å². The molecule has 1 atom stereocenters. The Balaban J connectivity index is 4.26. The first-order chi connectivity index (χ1) is 8.66. The molecule has 0 rings (SSSR count). The summed E-state index contributed by atoms with van der Waals surface area (Å²) in [7, 11) is 1.62. The van der Waals surface area contributed by atoms with Crippen molar-refractivity contribution in [3.8, 4) is 0 Å². The lowest BCUT2D eigenvalue weighted by Gasteiger charge is -2.27. The van der Waals surface area contributed by atoms with Gasteiger partial charge in [0.25, 0.3) is 0 Å². The molecule has 0 bridgehead atoms. The highest BCUT2D eigenvalue weighted by molar-refractivity contribution is 5.75. The van der Waals surface area contributed by atoms with Crippen molar-refractivity contribution >= 4 is 12.0 Å². The van der Waals surface area contributed by atoms with Crippen LogP contribution < -0.4 is 5.32 Å². The first-order valence-electron chi connectivity index (χ1n) is 6.88. The largest absolute Gasteiger partial charge is 0.481 e. The summed E-state index contributed by atoms with van der Waals surface area (Å²) in [6, 6.07) is -0.209. The van der Waals surface area contributed by atoms with Crippen LogP contribution in [0.4, 0.5) is 4.79 Å². The number of amides is 2. The van der Waals surface area contributed by atoms with Crippen LogP contribution in [0.15, 0.2) is 0 Å². The van der Waals surface area contributed by atoms with Crippen molar-refractivity contribution in [2.24, 2.45) is 23.7 Å². The van der Waals surface area contributed by atoms with Crippen LogP contribution in [0.2, 0.25) is 0 Å². The Morgan fingerprint density at radius 1 is 1.11 bits per heavy atom. The Morgan fingerprint density at radius 2 is 1.58 bits per heavy atom. The summed E-state index contributed by atoms with van der Waals surface area (Å²) in [5, 5.41) is 11.7. The summed E-state index contributed by atoms with van der Waals surface area (Å²) in [5.74, 6) is -0.00928. The van der Waals surface area contributed by atoms with Gasteiger partial charge in [-0.25, -0.2) is 4.79 Å². The first-order valence-corrected chi connectivity index (χ1v) is 6.88. The number of carbonyl (C=O) groups is 2. The van der Waals surface area contributed by atoms with Crippen molar-refractivity contribution in [1.29, 1.82) is 0 Å². The summed E-state index contributed by atoms with van der Waals surface area (Å²) < 4.78 is 0. The fourth-order valence-corrected chi connectivity index (χ4v) is 2.15. The lowest BCUT2D eigenvalue weighted by Crippen LogP contribution is -2.43. The van der Waals surface area contributed by atoms with Gasteiger partial charge in [-0.05, 0) is 17.8 Å². The molecule has 1 unspecified atom stereocenters. The molecule has 0 saturated carbocycles. The third-order valence-corrected chi connectivity index (χ3v) is 3.52. The molecule has 0 spiro atoms. The molecular formula is C14H28N2O3. The maximum atomic E-state index is 11.9. The second kappa shape index (κ2) is 8.02. The van der Waals surface area contributed by atoms with E-state index in [2.05, 4.69) is 33.0 Å². The minimum Gasteiger partial charge on any atom is -0.481 e. The lowest BCUT2D eigenvalue weighted by atomic mass is 9.85. The summed E-state index contributed by atoms with van der Waals surface area (Å²) >= 11 is 0. The minimum absolute atomic E-state index is 0.209. The van der Waals surface area contributed by atoms with Gasteiger partial charge in [0.1, 0.15) is 0 Å². The van der Waals surface area contributed by atoms with Crippen LogP contribution in [-0.2, 0) is 4.79 Å². The van der Waals surface area contributed by atoms with E-state index in [1.54, 1.807) is 14.0 Å². The number of nitrogens with zero attached hydrogens (tertiary/aromatic N) is 1. The van der Waals surface area contributed by atoms with Crippen molar-refractivity contribution in [2.45, 2.75) is 34.6 Å². The average Bonchev–Trinajstić information content (AvgIpc) is 2.27. The second-order valence-electron chi connectivity index (χ2n) is 5.96. The summed E-state index contributed by atoms with van der Waals surface area (Å²) in [6.45, 7) is 11.0. The molecule has 0 radical (unpaired) electrons. The fraction of sp³-hybridized carbons (Fsp3) is 0.857. The van der Waals surface area contributed by atoms with Gasteiger partial charge in [0.2, 0.25) is 0 Å². The van der Waals surface area contributed by atoms with Crippen molar-refractivity contribution in [2.75, 3.05) is 20.1 Å². The van der Waals surface area contributed by atoms with E-state index >= 15 is 0 Å². The highest BCUT2D eigenvalue weighted by atomic mass is 16.4. The molecule has 0 heterocycles. The minimum atomic E-state index is -0.887. The van der Waals surface area contributed by atoms with Crippen LogP contribution in [0.3, 0.4) is 0 Å². The maximum Gasteiger partial charge on any atom is 0.317 e. The fourth-order valence-electron chi connectivity index (χ4n) is 2.15. The number of carboxylic acids is 1. The molecular weight excluding hydrogens is 244 g/mol. The lowest BCUT2D eigenvalue weighted by molar-refractivity contribution is -0.141. The van der Waals surface area contributed by atoms with Crippen LogP contribution in [0.1, 0.15) is 34.6 Å². The molecule has 19 heavy (non-hydrogen) atoms. The molecule has 0 aromatic carbocycles. The number of hydrogen-bond donors (Lipinski definition) is 2. The molecule has 5 heteroatoms. The molecule has 112 valence electrons. The molecule has 0 aromatic rings. The molecule has 2 amide bonds. The first kappa shape index (κ1) is 17.7. The normalized spacial score (nSPS) is 12.9. The van der Waals surface area contributed by atoms with E-state index < -0.39 is 11.9 Å². The van der Waals surface area contributed by atoms with E-state index in [9.17, 15) is 9.59 Å². The van der Waals surface area contributed by atoms with E-state index in [4.69, 9.17) is 5.11 Å². The third kappa shape index (κ3) is 6.45. The number of rotatable bonds is 7. The van der Waals surface area contributed by atoms with E-state index in [0.717, 1.165) is 0 Å². The smallest absolute Gasteiger partial charge is 0.317 e. The van der Waals surface area contributed by atoms with Crippen molar-refractivity contribution < 1.29 is 14.7 Å². The zero-order valence-corrected chi connectivity index (χ0v) is 12.9. The Hall–Kier alpha value is -1.26. The molecule has 0 aliphatic carbocycles. The van der Waals surface area contributed by atoms with Crippen LogP contribution in [0.5, 0.6) is 0 Å². The van der Waals surface area contributed by atoms with E-state index in [-0.39, 0.29) is 12.6 Å². The molecule has 0 aromatic heterocycles. The molecule has 5 nitrogen and oxygen atoms in total. The monoisotopic (exact) mass is 272 g/mol. The molecule has 2 N–H and O–H groups in total. The Morgan fingerprint density at radius 3 is 1.95 bits per heavy atom. The highest BCUT2D eigenvalue weighted by Gasteiger charge is 2.21.